The van der Waals surface area contributed by atoms with E-state index in [4.69, 9.17) is 18.8 Å². The van der Waals surface area contributed by atoms with Crippen LogP contribution in [0.25, 0.3) is 0 Å². The standard InChI is InChI=1S/C27H45N2Si4.2C4H8O.Li/c1-20-16-14-17-21(2)24(20)26(28-31(5,6)7)30(33(11,12)13)27(29-32(8,9)10)25-22(3)18-15-19-23(25)4;2*1-2-4-5-3-1;/h14-19H,1-13H3;2*1-4H2;/q-1;;;+1/b28-26+,29-27+;;;. The van der Waals surface area contributed by atoms with Crippen molar-refractivity contribution in [2.24, 2.45) is 9.32 Å². The molecule has 2 saturated heterocycles. The Morgan fingerprint density at radius 2 is 0.818 bits per heavy atom. The minimum Gasteiger partial charge on any atom is -0.381 e. The van der Waals surface area contributed by atoms with Crippen molar-refractivity contribution in [3.8, 4) is 0 Å². The molecule has 2 aromatic rings. The Kier molecular flexibility index (Phi) is 17.3. The number of aryl methyl sites for hydroxylation is 4. The molecule has 0 aromatic heterocycles. The second-order valence-corrected chi connectivity index (χ2v) is 36.4. The summed E-state index contributed by atoms with van der Waals surface area (Å²) in [5.74, 6) is 0. The fourth-order valence-electron chi connectivity index (χ4n) is 5.36. The van der Waals surface area contributed by atoms with Gasteiger partial charge in [0.25, 0.3) is 0 Å². The summed E-state index contributed by atoms with van der Waals surface area (Å²) in [6.07, 6.45) is 5.11. The van der Waals surface area contributed by atoms with Crippen molar-refractivity contribution < 1.29 is 28.3 Å². The molecule has 2 heterocycles. The van der Waals surface area contributed by atoms with Gasteiger partial charge in [-0.25, -0.2) is 8.31 Å². The third-order valence-corrected chi connectivity index (χ3v) is 18.5. The van der Waals surface area contributed by atoms with Gasteiger partial charge in [-0.1, -0.05) is 103 Å². The molecule has 0 atom stereocenters. The first-order valence-corrected chi connectivity index (χ1v) is 29.2. The monoisotopic (exact) mass is 660 g/mol. The number of hydrogen-bond acceptors (Lipinski definition) is 4. The van der Waals surface area contributed by atoms with Crippen molar-refractivity contribution in [1.82, 2.24) is 0 Å². The molecule has 4 rings (SSSR count). The summed E-state index contributed by atoms with van der Waals surface area (Å²) < 4.78 is 21.2. The van der Waals surface area contributed by atoms with E-state index < -0.39 is 32.4 Å². The minimum atomic E-state index is -1.73. The van der Waals surface area contributed by atoms with Crippen LogP contribution in [0.2, 0.25) is 58.9 Å². The zero-order valence-electron chi connectivity index (χ0n) is 30.8. The first-order chi connectivity index (χ1) is 19.9. The van der Waals surface area contributed by atoms with E-state index >= 15 is 0 Å². The third-order valence-electron chi connectivity index (χ3n) is 7.21. The van der Waals surface area contributed by atoms with Crippen LogP contribution < -0.4 is 18.9 Å². The summed E-state index contributed by atoms with van der Waals surface area (Å²) in [5, 5.41) is 2.79. The fourth-order valence-corrected chi connectivity index (χ4v) is 18.8. The van der Waals surface area contributed by atoms with Crippen molar-refractivity contribution in [3.63, 3.8) is 0 Å². The van der Waals surface area contributed by atoms with Crippen LogP contribution >= 0.6 is 0 Å². The van der Waals surface area contributed by atoms with E-state index in [-0.39, 0.29) is 18.9 Å². The molecule has 0 aliphatic carbocycles. The van der Waals surface area contributed by atoms with Crippen molar-refractivity contribution in [2.45, 2.75) is 112 Å². The molecule has 240 valence electrons. The van der Waals surface area contributed by atoms with Crippen LogP contribution in [0.4, 0.5) is 0 Å². The average molecular weight is 661 g/mol. The van der Waals surface area contributed by atoms with E-state index in [9.17, 15) is 0 Å². The Balaban J connectivity index is 0.000000736. The SMILES string of the molecule is C1CCOC1.C1CCOC1.Cc1cccc(C)c1/C(=N\[Si](C)(C)C)[Si-](/C(=N/[Si](C)(C)C)c1c(C)cccc1C)[Si](C)(C)C.[Li+]. The van der Waals surface area contributed by atoms with Crippen LogP contribution in [-0.2, 0) is 9.47 Å². The van der Waals surface area contributed by atoms with Crippen LogP contribution in [-0.4, -0.2) is 69.5 Å². The van der Waals surface area contributed by atoms with Gasteiger partial charge in [0.05, 0.1) is 0 Å². The van der Waals surface area contributed by atoms with Gasteiger partial charge in [0.2, 0.25) is 0 Å². The molecule has 0 radical (unpaired) electrons. The summed E-state index contributed by atoms with van der Waals surface area (Å²) in [4.78, 5) is 0. The molecule has 2 fully saturated rings. The quantitative estimate of drug-likeness (QED) is 0.253. The molecule has 0 unspecified atom stereocenters. The van der Waals surface area contributed by atoms with Crippen molar-refractivity contribution in [3.05, 3.63) is 69.8 Å². The molecular formula is C35H61LiN2O2Si4. The van der Waals surface area contributed by atoms with Gasteiger partial charge in [-0.2, -0.15) is 0 Å². The fraction of sp³-hybridized carbons (Fsp3) is 0.600. The molecular weight excluding hydrogens is 600 g/mol. The van der Waals surface area contributed by atoms with E-state index in [0.717, 1.165) is 26.4 Å². The topological polar surface area (TPSA) is 43.2 Å². The minimum absolute atomic E-state index is 0. The van der Waals surface area contributed by atoms with Gasteiger partial charge in [0.1, 0.15) is 0 Å². The van der Waals surface area contributed by atoms with Crippen LogP contribution in [0.5, 0.6) is 0 Å². The second kappa shape index (κ2) is 18.5. The average Bonchev–Trinajstić information content (AvgIpc) is 3.60. The van der Waals surface area contributed by atoms with E-state index in [0.29, 0.717) is 0 Å². The third kappa shape index (κ3) is 13.9. The van der Waals surface area contributed by atoms with Crippen LogP contribution in [0.3, 0.4) is 0 Å². The molecule has 0 bridgehead atoms. The summed E-state index contributed by atoms with van der Waals surface area (Å²) in [6.45, 7) is 34.9. The molecule has 4 nitrogen and oxygen atoms in total. The van der Waals surface area contributed by atoms with Gasteiger partial charge in [0, 0.05) is 26.4 Å². The number of nitrogens with zero attached hydrogens (tertiary/aromatic N) is 2. The smallest absolute Gasteiger partial charge is 0.381 e. The normalized spacial score (nSPS) is 15.9. The second-order valence-electron chi connectivity index (χ2n) is 15.1. The van der Waals surface area contributed by atoms with E-state index in [1.165, 1.54) is 69.7 Å². The Hall–Kier alpha value is -0.835. The summed E-state index contributed by atoms with van der Waals surface area (Å²) >= 11 is 0. The van der Waals surface area contributed by atoms with Gasteiger partial charge < -0.3 is 18.8 Å². The van der Waals surface area contributed by atoms with Crippen LogP contribution in [0.15, 0.2) is 45.7 Å². The first-order valence-electron chi connectivity index (χ1n) is 16.3. The molecule has 0 amide bonds. The molecule has 2 aliphatic rings. The Bertz CT molecular complexity index is 1090. The molecule has 0 saturated carbocycles. The molecule has 44 heavy (non-hydrogen) atoms. The Morgan fingerprint density at radius 1 is 0.545 bits per heavy atom. The van der Waals surface area contributed by atoms with Gasteiger partial charge >= 0.3 is 18.9 Å². The van der Waals surface area contributed by atoms with Gasteiger partial charge in [-0.15, -0.1) is 10.7 Å². The van der Waals surface area contributed by atoms with Crippen LogP contribution in [0, 0.1) is 27.7 Å². The first kappa shape index (κ1) is 41.2. The van der Waals surface area contributed by atoms with E-state index in [2.05, 4.69) is 123 Å². The molecule has 0 N–H and O–H groups in total. The summed E-state index contributed by atoms with van der Waals surface area (Å²) in [6, 6.07) is 13.4. The van der Waals surface area contributed by atoms with E-state index in [1.54, 1.807) is 0 Å². The predicted molar refractivity (Wildman–Crippen MR) is 201 cm³/mol. The Labute approximate surface area is 287 Å². The predicted octanol–water partition coefficient (Wildman–Crippen LogP) is 6.46. The maximum absolute atomic E-state index is 5.67. The number of ether oxygens (including phenoxy) is 2. The largest absolute Gasteiger partial charge is 1.00 e. The number of hydrogen-bond donors (Lipinski definition) is 0. The maximum Gasteiger partial charge on any atom is 1.00 e. The summed E-state index contributed by atoms with van der Waals surface area (Å²) in [5.41, 5.74) is 8.18. The van der Waals surface area contributed by atoms with E-state index in [1.807, 2.05) is 0 Å². The molecule has 2 aromatic carbocycles. The van der Waals surface area contributed by atoms with Crippen molar-refractivity contribution >= 4 is 43.0 Å². The van der Waals surface area contributed by atoms with Gasteiger partial charge in [-0.05, 0) is 86.8 Å². The number of benzene rings is 2. The van der Waals surface area contributed by atoms with Gasteiger partial charge in [-0.3, -0.25) is 0 Å². The zero-order chi connectivity index (χ0) is 32.4. The molecule has 9 heteroatoms. The molecule has 0 spiro atoms. The Morgan fingerprint density at radius 3 is 1.00 bits per heavy atom. The maximum atomic E-state index is 5.67. The van der Waals surface area contributed by atoms with Crippen molar-refractivity contribution in [1.29, 1.82) is 0 Å². The zero-order valence-corrected chi connectivity index (χ0v) is 34.8. The molecule has 2 aliphatic heterocycles. The summed E-state index contributed by atoms with van der Waals surface area (Å²) in [7, 11) is -6.33. The number of rotatable bonds is 7. The van der Waals surface area contributed by atoms with Crippen LogP contribution in [0.1, 0.15) is 59.1 Å². The van der Waals surface area contributed by atoms with Gasteiger partial charge in [0.15, 0.2) is 16.5 Å². The van der Waals surface area contributed by atoms with Crippen molar-refractivity contribution in [2.75, 3.05) is 26.4 Å².